The largest absolute Gasteiger partial charge is 0.463 e. The van der Waals surface area contributed by atoms with E-state index in [1.165, 1.54) is 31.3 Å². The zero-order valence-electron chi connectivity index (χ0n) is 13.6. The summed E-state index contributed by atoms with van der Waals surface area (Å²) in [4.78, 5) is 23.5. The monoisotopic (exact) mass is 436 g/mol. The molecular weight excluding hydrogens is 421 g/mol. The first-order chi connectivity index (χ1) is 12.0. The van der Waals surface area contributed by atoms with Gasteiger partial charge in [-0.3, -0.25) is 9.59 Å². The summed E-state index contributed by atoms with van der Waals surface area (Å²) in [6.07, 6.45) is -4.43. The minimum absolute atomic E-state index is 0.223. The Morgan fingerprint density at radius 3 is 2.58 bits per heavy atom. The van der Waals surface area contributed by atoms with Crippen LogP contribution in [-0.2, 0) is 16.9 Å². The molecule has 0 aliphatic carbocycles. The second-order valence-corrected chi connectivity index (χ2v) is 6.60. The molecule has 26 heavy (non-hydrogen) atoms. The number of aliphatic hydroxyl groups is 1. The van der Waals surface area contributed by atoms with Crippen LogP contribution in [0.2, 0.25) is 0 Å². The Labute approximate surface area is 154 Å². The number of furan rings is 1. The number of halogens is 4. The molecule has 0 saturated heterocycles. The Morgan fingerprint density at radius 1 is 1.31 bits per heavy atom. The molecule has 0 fully saturated rings. The van der Waals surface area contributed by atoms with Crippen LogP contribution in [0, 0.1) is 6.92 Å². The number of hydrogen-bond acceptors (Lipinski definition) is 4. The summed E-state index contributed by atoms with van der Waals surface area (Å²) < 4.78 is 46.5. The van der Waals surface area contributed by atoms with Gasteiger partial charge in [-0.25, -0.2) is 0 Å². The molecule has 0 bridgehead atoms. The van der Waals surface area contributed by atoms with Crippen LogP contribution in [0.4, 0.5) is 13.2 Å². The zero-order valence-corrected chi connectivity index (χ0v) is 15.2. The highest BCUT2D eigenvalue weighted by molar-refractivity contribution is 9.10. The Balaban J connectivity index is 2.02. The highest BCUT2D eigenvalue weighted by Gasteiger charge is 2.56. The number of pyridine rings is 1. The molecule has 0 unspecified atom stereocenters. The number of rotatable bonds is 6. The number of aryl methyl sites for hydroxylation is 1. The van der Waals surface area contributed by atoms with Crippen molar-refractivity contribution in [2.24, 2.45) is 0 Å². The molecule has 10 heteroatoms. The lowest BCUT2D eigenvalue weighted by Crippen LogP contribution is -2.45. The summed E-state index contributed by atoms with van der Waals surface area (Å²) >= 11 is 3.15. The van der Waals surface area contributed by atoms with Gasteiger partial charge in [0.25, 0.3) is 5.56 Å². The molecule has 1 amide bonds. The lowest BCUT2D eigenvalue weighted by Gasteiger charge is -2.28. The van der Waals surface area contributed by atoms with Crippen LogP contribution in [0.5, 0.6) is 0 Å². The summed E-state index contributed by atoms with van der Waals surface area (Å²) in [6, 6.07) is 5.11. The Bertz CT molecular complexity index is 847. The molecule has 1 atom stereocenters. The van der Waals surface area contributed by atoms with Gasteiger partial charge in [0.1, 0.15) is 18.1 Å². The van der Waals surface area contributed by atoms with E-state index in [2.05, 4.69) is 21.2 Å². The van der Waals surface area contributed by atoms with Crippen LogP contribution in [0.3, 0.4) is 0 Å². The third kappa shape index (κ3) is 4.55. The molecule has 0 aromatic carbocycles. The minimum Gasteiger partial charge on any atom is -0.463 e. The van der Waals surface area contributed by atoms with Crippen molar-refractivity contribution in [2.45, 2.75) is 31.7 Å². The summed E-state index contributed by atoms with van der Waals surface area (Å²) in [5, 5.41) is 12.4. The third-order valence-electron chi connectivity index (χ3n) is 3.69. The molecule has 0 saturated carbocycles. The first kappa shape index (κ1) is 20.2. The number of alkyl halides is 3. The summed E-state index contributed by atoms with van der Waals surface area (Å²) in [5.74, 6) is -1.08. The number of hydrogen-bond donors (Lipinski definition) is 2. The van der Waals surface area contributed by atoms with Crippen LogP contribution < -0.4 is 10.9 Å². The van der Waals surface area contributed by atoms with Crippen molar-refractivity contribution in [3.05, 3.63) is 56.8 Å². The summed E-state index contributed by atoms with van der Waals surface area (Å²) in [7, 11) is 0. The standard InChI is InChI=1S/C16H16BrF3N2O4/c1-10-2-4-12(26-10)15(25,16(18,19)20)6-7-21-13(23)9-22-8-11(17)3-5-14(22)24/h2-5,8,25H,6-7,9H2,1H3,(H,21,23)/t15-/m1/s1. The Morgan fingerprint density at radius 2 is 2.00 bits per heavy atom. The van der Waals surface area contributed by atoms with Crippen molar-refractivity contribution in [3.63, 3.8) is 0 Å². The second-order valence-electron chi connectivity index (χ2n) is 5.68. The number of amides is 1. The molecule has 2 N–H and O–H groups in total. The fraction of sp³-hybridized carbons (Fsp3) is 0.375. The molecule has 0 radical (unpaired) electrons. The van der Waals surface area contributed by atoms with Gasteiger partial charge >= 0.3 is 6.18 Å². The number of nitrogens with zero attached hydrogens (tertiary/aromatic N) is 1. The molecule has 2 aromatic rings. The van der Waals surface area contributed by atoms with Gasteiger partial charge in [-0.1, -0.05) is 0 Å². The smallest absolute Gasteiger partial charge is 0.424 e. The molecule has 2 aromatic heterocycles. The van der Waals surface area contributed by atoms with Gasteiger partial charge in [0, 0.05) is 29.7 Å². The number of aromatic nitrogens is 1. The van der Waals surface area contributed by atoms with Gasteiger partial charge in [-0.2, -0.15) is 13.2 Å². The normalized spacial score (nSPS) is 14.1. The Hall–Kier alpha value is -2.07. The number of nitrogens with one attached hydrogen (secondary N) is 1. The zero-order chi connectivity index (χ0) is 19.5. The quantitative estimate of drug-likeness (QED) is 0.728. The predicted molar refractivity (Wildman–Crippen MR) is 89.4 cm³/mol. The molecule has 0 spiro atoms. The van der Waals surface area contributed by atoms with Crippen LogP contribution in [-0.4, -0.2) is 28.3 Å². The minimum atomic E-state index is -4.98. The van der Waals surface area contributed by atoms with Crippen molar-refractivity contribution in [3.8, 4) is 0 Å². The van der Waals surface area contributed by atoms with Gasteiger partial charge in [-0.15, -0.1) is 0 Å². The first-order valence-corrected chi connectivity index (χ1v) is 8.31. The highest BCUT2D eigenvalue weighted by atomic mass is 79.9. The van der Waals surface area contributed by atoms with E-state index in [-0.39, 0.29) is 12.3 Å². The predicted octanol–water partition coefficient (Wildman–Crippen LogP) is 2.47. The molecule has 2 rings (SSSR count). The SMILES string of the molecule is Cc1ccc([C@](O)(CCNC(=O)Cn2cc(Br)ccc2=O)C(F)(F)F)o1. The van der Waals surface area contributed by atoms with Crippen LogP contribution in [0.1, 0.15) is 17.9 Å². The summed E-state index contributed by atoms with van der Waals surface area (Å²) in [6.45, 7) is 0.637. The van der Waals surface area contributed by atoms with Gasteiger partial charge in [-0.05, 0) is 41.1 Å². The molecule has 0 aliphatic heterocycles. The van der Waals surface area contributed by atoms with Crippen molar-refractivity contribution < 1.29 is 27.5 Å². The van der Waals surface area contributed by atoms with E-state index < -0.39 is 42.0 Å². The molecule has 0 aliphatic rings. The van der Waals surface area contributed by atoms with Crippen molar-refractivity contribution >= 4 is 21.8 Å². The van der Waals surface area contributed by atoms with Gasteiger partial charge in [0.05, 0.1) is 0 Å². The van der Waals surface area contributed by atoms with E-state index >= 15 is 0 Å². The van der Waals surface area contributed by atoms with E-state index in [0.717, 1.165) is 10.6 Å². The van der Waals surface area contributed by atoms with E-state index in [0.29, 0.717) is 4.47 Å². The van der Waals surface area contributed by atoms with Crippen LogP contribution in [0.25, 0.3) is 0 Å². The van der Waals surface area contributed by atoms with Crippen molar-refractivity contribution in [1.82, 2.24) is 9.88 Å². The Kier molecular flexibility index (Phi) is 5.97. The van der Waals surface area contributed by atoms with Gasteiger partial charge < -0.3 is 19.4 Å². The van der Waals surface area contributed by atoms with E-state index in [4.69, 9.17) is 4.42 Å². The van der Waals surface area contributed by atoms with Crippen molar-refractivity contribution in [2.75, 3.05) is 6.54 Å². The second kappa shape index (κ2) is 7.67. The molecular formula is C16H16BrF3N2O4. The number of carbonyl (C=O) groups is 1. The maximum absolute atomic E-state index is 13.3. The van der Waals surface area contributed by atoms with Crippen LogP contribution >= 0.6 is 15.9 Å². The number of carbonyl (C=O) groups excluding carboxylic acids is 1. The summed E-state index contributed by atoms with van der Waals surface area (Å²) in [5.41, 5.74) is -3.65. The third-order valence-corrected chi connectivity index (χ3v) is 4.16. The maximum Gasteiger partial charge on any atom is 0.424 e. The fourth-order valence-corrected chi connectivity index (χ4v) is 2.66. The topological polar surface area (TPSA) is 84.5 Å². The molecule has 6 nitrogen and oxygen atoms in total. The lowest BCUT2D eigenvalue weighted by atomic mass is 9.95. The maximum atomic E-state index is 13.3. The van der Waals surface area contributed by atoms with E-state index in [1.807, 2.05) is 0 Å². The van der Waals surface area contributed by atoms with Gasteiger partial charge in [0.2, 0.25) is 11.5 Å². The van der Waals surface area contributed by atoms with Crippen molar-refractivity contribution in [1.29, 1.82) is 0 Å². The van der Waals surface area contributed by atoms with E-state index in [1.54, 1.807) is 0 Å². The first-order valence-electron chi connectivity index (χ1n) is 7.51. The molecule has 142 valence electrons. The van der Waals surface area contributed by atoms with Gasteiger partial charge in [0.15, 0.2) is 0 Å². The lowest BCUT2D eigenvalue weighted by molar-refractivity contribution is -0.274. The van der Waals surface area contributed by atoms with Crippen LogP contribution in [0.15, 0.2) is 44.1 Å². The fourth-order valence-electron chi connectivity index (χ4n) is 2.28. The highest BCUT2D eigenvalue weighted by Crippen LogP contribution is 2.41. The molecule has 2 heterocycles. The average molecular weight is 437 g/mol. The van der Waals surface area contributed by atoms with E-state index in [9.17, 15) is 27.9 Å². The average Bonchev–Trinajstić information content (AvgIpc) is 2.96.